The van der Waals surface area contributed by atoms with Gasteiger partial charge in [0.1, 0.15) is 12.1 Å². The lowest BCUT2D eigenvalue weighted by Gasteiger charge is -2.13. The van der Waals surface area contributed by atoms with Crippen LogP contribution in [0.3, 0.4) is 0 Å². The largest absolute Gasteiger partial charge is 0.416 e. The minimum atomic E-state index is -4.41. The zero-order valence-corrected chi connectivity index (χ0v) is 13.6. The van der Waals surface area contributed by atoms with Crippen molar-refractivity contribution < 1.29 is 18.3 Å². The summed E-state index contributed by atoms with van der Waals surface area (Å²) < 4.78 is 38.6. The van der Waals surface area contributed by atoms with E-state index in [1.54, 1.807) is 24.3 Å². The zero-order chi connectivity index (χ0) is 18.6. The quantitative estimate of drug-likeness (QED) is 0.713. The Balaban J connectivity index is 1.75. The summed E-state index contributed by atoms with van der Waals surface area (Å²) in [7, 11) is 0. The highest BCUT2D eigenvalue weighted by Gasteiger charge is 2.30. The minimum Gasteiger partial charge on any atom is -0.387 e. The van der Waals surface area contributed by atoms with Crippen molar-refractivity contribution in [2.45, 2.75) is 12.3 Å². The number of rotatable bonds is 5. The molecule has 2 aromatic carbocycles. The predicted molar refractivity (Wildman–Crippen MR) is 92.4 cm³/mol. The van der Waals surface area contributed by atoms with Gasteiger partial charge in [-0.2, -0.15) is 13.2 Å². The number of aromatic nitrogens is 2. The third-order valence-electron chi connectivity index (χ3n) is 3.81. The fraction of sp³-hybridized carbons (Fsp3) is 0.158. The topological polar surface area (TPSA) is 58.0 Å². The van der Waals surface area contributed by atoms with Crippen molar-refractivity contribution in [2.24, 2.45) is 0 Å². The monoisotopic (exact) mass is 359 g/mol. The second-order valence-electron chi connectivity index (χ2n) is 5.67. The zero-order valence-electron chi connectivity index (χ0n) is 13.6. The molecule has 0 bridgehead atoms. The second kappa shape index (κ2) is 7.53. The Bertz CT molecular complexity index is 869. The third-order valence-corrected chi connectivity index (χ3v) is 3.81. The first-order chi connectivity index (χ1) is 12.4. The molecule has 0 radical (unpaired) electrons. The van der Waals surface area contributed by atoms with Crippen molar-refractivity contribution in [3.05, 3.63) is 78.1 Å². The molecule has 0 aliphatic heterocycles. The van der Waals surface area contributed by atoms with E-state index in [9.17, 15) is 18.3 Å². The van der Waals surface area contributed by atoms with Gasteiger partial charge < -0.3 is 10.4 Å². The molecular formula is C19H16F3N3O. The summed E-state index contributed by atoms with van der Waals surface area (Å²) in [5.74, 6) is 0.419. The molecule has 3 rings (SSSR count). The molecule has 0 spiro atoms. The number of aliphatic hydroxyl groups excluding tert-OH is 1. The molecule has 0 amide bonds. The van der Waals surface area contributed by atoms with Crippen LogP contribution >= 0.6 is 0 Å². The number of anilines is 1. The Labute approximate surface area is 148 Å². The van der Waals surface area contributed by atoms with E-state index in [1.165, 1.54) is 12.4 Å². The van der Waals surface area contributed by atoms with Gasteiger partial charge in [-0.15, -0.1) is 0 Å². The highest BCUT2D eigenvalue weighted by molar-refractivity contribution is 5.63. The van der Waals surface area contributed by atoms with Gasteiger partial charge >= 0.3 is 6.18 Å². The number of halogens is 3. The average Bonchev–Trinajstić information content (AvgIpc) is 2.66. The lowest BCUT2D eigenvalue weighted by Crippen LogP contribution is -2.13. The van der Waals surface area contributed by atoms with Crippen LogP contribution in [0.25, 0.3) is 11.3 Å². The van der Waals surface area contributed by atoms with Crippen LogP contribution < -0.4 is 5.32 Å². The van der Waals surface area contributed by atoms with Crippen LogP contribution in [0.4, 0.5) is 19.0 Å². The fourth-order valence-corrected chi connectivity index (χ4v) is 2.46. The summed E-state index contributed by atoms with van der Waals surface area (Å²) in [6, 6.07) is 15.6. The summed E-state index contributed by atoms with van der Waals surface area (Å²) in [6.07, 6.45) is -3.88. The van der Waals surface area contributed by atoms with Gasteiger partial charge in [-0.05, 0) is 17.7 Å². The number of hydrogen-bond donors (Lipinski definition) is 2. The molecule has 0 aliphatic carbocycles. The van der Waals surface area contributed by atoms with Crippen LogP contribution in [0.15, 0.2) is 67.0 Å². The van der Waals surface area contributed by atoms with Crippen LogP contribution in [-0.4, -0.2) is 21.6 Å². The van der Waals surface area contributed by atoms with Crippen molar-refractivity contribution in [1.82, 2.24) is 9.97 Å². The van der Waals surface area contributed by atoms with E-state index in [0.29, 0.717) is 17.1 Å². The summed E-state index contributed by atoms with van der Waals surface area (Å²) in [4.78, 5) is 8.08. The summed E-state index contributed by atoms with van der Waals surface area (Å²) in [5, 5.41) is 13.1. The Morgan fingerprint density at radius 3 is 2.46 bits per heavy atom. The molecule has 3 aromatic rings. The van der Waals surface area contributed by atoms with Crippen molar-refractivity contribution in [2.75, 3.05) is 11.9 Å². The maximum absolute atomic E-state index is 12.9. The van der Waals surface area contributed by atoms with Crippen LogP contribution in [-0.2, 0) is 6.18 Å². The first-order valence-corrected chi connectivity index (χ1v) is 7.90. The molecule has 0 fully saturated rings. The van der Waals surface area contributed by atoms with E-state index < -0.39 is 17.8 Å². The van der Waals surface area contributed by atoms with Gasteiger partial charge in [0.25, 0.3) is 0 Å². The Morgan fingerprint density at radius 2 is 1.73 bits per heavy atom. The van der Waals surface area contributed by atoms with Gasteiger partial charge in [0.2, 0.25) is 0 Å². The number of nitrogens with zero attached hydrogens (tertiary/aromatic N) is 2. The van der Waals surface area contributed by atoms with Gasteiger partial charge in [-0.3, -0.25) is 0 Å². The first kappa shape index (κ1) is 17.9. The SMILES string of the molecule is OC(CNc1cc(-c2cccc(C(F)(F)F)c2)ncn1)c1ccccc1. The molecule has 134 valence electrons. The van der Waals surface area contributed by atoms with E-state index >= 15 is 0 Å². The van der Waals surface area contributed by atoms with Crippen molar-refractivity contribution in [3.63, 3.8) is 0 Å². The molecule has 1 aromatic heterocycles. The molecule has 1 heterocycles. The summed E-state index contributed by atoms with van der Waals surface area (Å²) in [5.41, 5.74) is 0.728. The summed E-state index contributed by atoms with van der Waals surface area (Å²) in [6.45, 7) is 0.211. The number of aliphatic hydroxyl groups is 1. The molecule has 0 aliphatic rings. The van der Waals surface area contributed by atoms with Crippen LogP contribution in [0.2, 0.25) is 0 Å². The van der Waals surface area contributed by atoms with Gasteiger partial charge in [-0.25, -0.2) is 9.97 Å². The molecule has 0 saturated carbocycles. The van der Waals surface area contributed by atoms with Gasteiger partial charge in [0.05, 0.1) is 17.4 Å². The van der Waals surface area contributed by atoms with E-state index in [2.05, 4.69) is 15.3 Å². The van der Waals surface area contributed by atoms with Gasteiger partial charge in [0.15, 0.2) is 0 Å². The maximum atomic E-state index is 12.9. The van der Waals surface area contributed by atoms with E-state index in [0.717, 1.165) is 17.7 Å². The molecule has 1 atom stereocenters. The Kier molecular flexibility index (Phi) is 5.18. The number of benzene rings is 2. The van der Waals surface area contributed by atoms with E-state index in [4.69, 9.17) is 0 Å². The normalized spacial score (nSPS) is 12.6. The highest BCUT2D eigenvalue weighted by atomic mass is 19.4. The maximum Gasteiger partial charge on any atom is 0.416 e. The summed E-state index contributed by atoms with van der Waals surface area (Å²) >= 11 is 0. The molecule has 26 heavy (non-hydrogen) atoms. The fourth-order valence-electron chi connectivity index (χ4n) is 2.46. The highest BCUT2D eigenvalue weighted by Crippen LogP contribution is 2.31. The number of hydrogen-bond acceptors (Lipinski definition) is 4. The lowest BCUT2D eigenvalue weighted by molar-refractivity contribution is -0.137. The standard InChI is InChI=1S/C19H16F3N3O/c20-19(21,22)15-8-4-7-14(9-15)16-10-18(25-12-24-16)23-11-17(26)13-5-2-1-3-6-13/h1-10,12,17,26H,11H2,(H,23,24,25). The second-order valence-corrected chi connectivity index (χ2v) is 5.67. The van der Waals surface area contributed by atoms with E-state index in [-0.39, 0.29) is 6.54 Å². The lowest BCUT2D eigenvalue weighted by atomic mass is 10.1. The average molecular weight is 359 g/mol. The number of alkyl halides is 3. The molecule has 0 saturated heterocycles. The van der Waals surface area contributed by atoms with Crippen molar-refractivity contribution in [3.8, 4) is 11.3 Å². The minimum absolute atomic E-state index is 0.211. The molecular weight excluding hydrogens is 343 g/mol. The van der Waals surface area contributed by atoms with Crippen molar-refractivity contribution >= 4 is 5.82 Å². The molecule has 1 unspecified atom stereocenters. The molecule has 2 N–H and O–H groups in total. The number of nitrogens with one attached hydrogen (secondary N) is 1. The third kappa shape index (κ3) is 4.37. The van der Waals surface area contributed by atoms with Crippen molar-refractivity contribution in [1.29, 1.82) is 0 Å². The van der Waals surface area contributed by atoms with Crippen LogP contribution in [0, 0.1) is 0 Å². The van der Waals surface area contributed by atoms with Crippen LogP contribution in [0.5, 0.6) is 0 Å². The smallest absolute Gasteiger partial charge is 0.387 e. The van der Waals surface area contributed by atoms with E-state index in [1.807, 2.05) is 18.2 Å². The molecule has 4 nitrogen and oxygen atoms in total. The Morgan fingerprint density at radius 1 is 0.962 bits per heavy atom. The van der Waals surface area contributed by atoms with Crippen LogP contribution in [0.1, 0.15) is 17.2 Å². The molecule has 7 heteroatoms. The predicted octanol–water partition coefficient (Wildman–Crippen LogP) is 4.31. The van der Waals surface area contributed by atoms with Gasteiger partial charge in [0, 0.05) is 18.2 Å². The van der Waals surface area contributed by atoms with Gasteiger partial charge in [-0.1, -0.05) is 42.5 Å². The first-order valence-electron chi connectivity index (χ1n) is 7.90. The Hall–Kier alpha value is -2.93.